The first kappa shape index (κ1) is 20.9. The maximum absolute atomic E-state index is 12.4. The van der Waals surface area contributed by atoms with Crippen LogP contribution in [-0.2, 0) is 25.5 Å². The van der Waals surface area contributed by atoms with Crippen LogP contribution < -0.4 is 5.32 Å². The van der Waals surface area contributed by atoms with Gasteiger partial charge in [-0.1, -0.05) is 41.9 Å². The number of nitrogens with zero attached hydrogens (tertiary/aromatic N) is 1. The van der Waals surface area contributed by atoms with Crippen molar-refractivity contribution >= 4 is 35.1 Å². The number of anilines is 1. The van der Waals surface area contributed by atoms with E-state index >= 15 is 0 Å². The van der Waals surface area contributed by atoms with Gasteiger partial charge in [-0.2, -0.15) is 0 Å². The molecule has 0 aliphatic carbocycles. The molecule has 0 saturated carbocycles. The third-order valence-corrected chi connectivity index (χ3v) is 5.09. The summed E-state index contributed by atoms with van der Waals surface area (Å²) >= 11 is 5.82. The molecule has 29 heavy (non-hydrogen) atoms. The van der Waals surface area contributed by atoms with Gasteiger partial charge in [-0.3, -0.25) is 14.4 Å². The quantitative estimate of drug-likeness (QED) is 0.705. The number of rotatable bonds is 7. The number of hydrogen-bond acceptors (Lipinski definition) is 4. The molecule has 0 aromatic heterocycles. The first-order valence-electron chi connectivity index (χ1n) is 9.51. The topological polar surface area (TPSA) is 75.7 Å². The van der Waals surface area contributed by atoms with E-state index < -0.39 is 23.9 Å². The van der Waals surface area contributed by atoms with Crippen molar-refractivity contribution < 1.29 is 19.1 Å². The average Bonchev–Trinajstić information content (AvgIpc) is 3.09. The van der Waals surface area contributed by atoms with Crippen LogP contribution in [0.5, 0.6) is 0 Å². The highest BCUT2D eigenvalue weighted by molar-refractivity contribution is 6.30. The SMILES string of the molecule is C[C@@H](OC(=O)[C@H]1CC(=O)N(CCc2ccccc2)C1)C(=O)Nc1ccc(Cl)cc1. The van der Waals surface area contributed by atoms with E-state index in [4.69, 9.17) is 16.3 Å². The summed E-state index contributed by atoms with van der Waals surface area (Å²) in [7, 11) is 0. The van der Waals surface area contributed by atoms with Gasteiger partial charge in [0.25, 0.3) is 5.91 Å². The van der Waals surface area contributed by atoms with Crippen molar-refractivity contribution in [2.75, 3.05) is 18.4 Å². The van der Waals surface area contributed by atoms with E-state index in [1.54, 1.807) is 29.2 Å². The molecule has 1 heterocycles. The fraction of sp³-hybridized carbons (Fsp3) is 0.318. The Bertz CT molecular complexity index is 870. The molecule has 1 aliphatic rings. The Morgan fingerprint density at radius 2 is 1.86 bits per heavy atom. The number of benzene rings is 2. The molecule has 1 N–H and O–H groups in total. The molecule has 0 spiro atoms. The summed E-state index contributed by atoms with van der Waals surface area (Å²) in [6, 6.07) is 16.5. The second-order valence-electron chi connectivity index (χ2n) is 7.05. The Labute approximate surface area is 174 Å². The molecule has 1 saturated heterocycles. The molecule has 2 amide bonds. The fourth-order valence-electron chi connectivity index (χ4n) is 3.16. The number of esters is 1. The highest BCUT2D eigenvalue weighted by Gasteiger charge is 2.36. The molecular weight excluding hydrogens is 392 g/mol. The Morgan fingerprint density at radius 3 is 2.55 bits per heavy atom. The van der Waals surface area contributed by atoms with Gasteiger partial charge in [0, 0.05) is 30.2 Å². The minimum atomic E-state index is -0.966. The first-order chi connectivity index (χ1) is 13.9. The molecule has 7 heteroatoms. The number of halogens is 1. The summed E-state index contributed by atoms with van der Waals surface area (Å²) in [5.74, 6) is -1.59. The molecule has 3 rings (SSSR count). The van der Waals surface area contributed by atoms with Crippen LogP contribution in [0.2, 0.25) is 5.02 Å². The van der Waals surface area contributed by atoms with Crippen molar-refractivity contribution in [3.05, 3.63) is 65.2 Å². The average molecular weight is 415 g/mol. The van der Waals surface area contributed by atoms with Crippen LogP contribution in [0.15, 0.2) is 54.6 Å². The Kier molecular flexibility index (Phi) is 6.88. The highest BCUT2D eigenvalue weighted by Crippen LogP contribution is 2.21. The van der Waals surface area contributed by atoms with Crippen molar-refractivity contribution in [1.82, 2.24) is 4.90 Å². The van der Waals surface area contributed by atoms with Gasteiger partial charge < -0.3 is 15.0 Å². The maximum atomic E-state index is 12.4. The molecule has 2 aromatic carbocycles. The third kappa shape index (κ3) is 5.81. The second-order valence-corrected chi connectivity index (χ2v) is 7.49. The third-order valence-electron chi connectivity index (χ3n) is 4.83. The summed E-state index contributed by atoms with van der Waals surface area (Å²) in [6.45, 7) is 2.38. The number of likely N-dealkylation sites (tertiary alicyclic amines) is 1. The maximum Gasteiger partial charge on any atom is 0.312 e. The Balaban J connectivity index is 1.47. The Morgan fingerprint density at radius 1 is 1.17 bits per heavy atom. The largest absolute Gasteiger partial charge is 0.452 e. The van der Waals surface area contributed by atoms with E-state index in [9.17, 15) is 14.4 Å². The van der Waals surface area contributed by atoms with E-state index in [0.29, 0.717) is 23.8 Å². The summed E-state index contributed by atoms with van der Waals surface area (Å²) in [5.41, 5.74) is 1.70. The summed E-state index contributed by atoms with van der Waals surface area (Å²) in [4.78, 5) is 38.6. The lowest BCUT2D eigenvalue weighted by molar-refractivity contribution is -0.157. The van der Waals surface area contributed by atoms with Gasteiger partial charge in [0.1, 0.15) is 0 Å². The number of ether oxygens (including phenoxy) is 1. The van der Waals surface area contributed by atoms with Crippen molar-refractivity contribution in [3.63, 3.8) is 0 Å². The molecule has 0 radical (unpaired) electrons. The zero-order chi connectivity index (χ0) is 20.8. The van der Waals surface area contributed by atoms with Crippen LogP contribution in [0.1, 0.15) is 18.9 Å². The monoisotopic (exact) mass is 414 g/mol. The number of carbonyl (C=O) groups is 3. The standard InChI is InChI=1S/C22H23ClN2O4/c1-15(21(27)24-19-9-7-18(23)8-10-19)29-22(28)17-13-20(26)25(14-17)12-11-16-5-3-2-4-6-16/h2-10,15,17H,11-14H2,1H3,(H,24,27)/t15-,17+/m1/s1. The smallest absolute Gasteiger partial charge is 0.312 e. The van der Waals surface area contributed by atoms with E-state index in [1.807, 2.05) is 30.3 Å². The van der Waals surface area contributed by atoms with Crippen LogP contribution in [0.3, 0.4) is 0 Å². The predicted octanol–water partition coefficient (Wildman–Crippen LogP) is 3.30. The van der Waals surface area contributed by atoms with Gasteiger partial charge in [-0.15, -0.1) is 0 Å². The van der Waals surface area contributed by atoms with E-state index in [2.05, 4.69) is 5.32 Å². The lowest BCUT2D eigenvalue weighted by atomic mass is 10.1. The van der Waals surface area contributed by atoms with Crippen molar-refractivity contribution in [2.45, 2.75) is 25.9 Å². The van der Waals surface area contributed by atoms with Crippen LogP contribution in [0.25, 0.3) is 0 Å². The molecular formula is C22H23ClN2O4. The molecule has 0 unspecified atom stereocenters. The van der Waals surface area contributed by atoms with E-state index in [0.717, 1.165) is 12.0 Å². The fourth-order valence-corrected chi connectivity index (χ4v) is 3.28. The van der Waals surface area contributed by atoms with Gasteiger partial charge in [-0.05, 0) is 43.2 Å². The zero-order valence-electron chi connectivity index (χ0n) is 16.1. The van der Waals surface area contributed by atoms with E-state index in [1.165, 1.54) is 6.92 Å². The Hall–Kier alpha value is -2.86. The minimum absolute atomic E-state index is 0.0684. The molecule has 2 aromatic rings. The van der Waals surface area contributed by atoms with Gasteiger partial charge in [0.15, 0.2) is 6.10 Å². The second kappa shape index (κ2) is 9.56. The van der Waals surface area contributed by atoms with Crippen LogP contribution >= 0.6 is 11.6 Å². The highest BCUT2D eigenvalue weighted by atomic mass is 35.5. The lowest BCUT2D eigenvalue weighted by Crippen LogP contribution is -2.33. The number of carbonyl (C=O) groups excluding carboxylic acids is 3. The van der Waals surface area contributed by atoms with Gasteiger partial charge in [0.05, 0.1) is 5.92 Å². The van der Waals surface area contributed by atoms with E-state index in [-0.39, 0.29) is 12.3 Å². The number of hydrogen-bond donors (Lipinski definition) is 1. The van der Waals surface area contributed by atoms with Gasteiger partial charge >= 0.3 is 5.97 Å². The van der Waals surface area contributed by atoms with Crippen LogP contribution in [0, 0.1) is 5.92 Å². The molecule has 152 valence electrons. The zero-order valence-corrected chi connectivity index (χ0v) is 16.9. The minimum Gasteiger partial charge on any atom is -0.452 e. The predicted molar refractivity (Wildman–Crippen MR) is 110 cm³/mol. The molecule has 0 bridgehead atoms. The van der Waals surface area contributed by atoms with Crippen molar-refractivity contribution in [1.29, 1.82) is 0 Å². The molecule has 1 fully saturated rings. The number of nitrogens with one attached hydrogen (secondary N) is 1. The van der Waals surface area contributed by atoms with Gasteiger partial charge in [0.2, 0.25) is 5.91 Å². The number of amides is 2. The molecule has 1 aliphatic heterocycles. The summed E-state index contributed by atoms with van der Waals surface area (Å²) in [5, 5.41) is 3.23. The normalized spacial score (nSPS) is 17.1. The molecule has 6 nitrogen and oxygen atoms in total. The first-order valence-corrected chi connectivity index (χ1v) is 9.89. The van der Waals surface area contributed by atoms with Crippen LogP contribution in [0.4, 0.5) is 5.69 Å². The summed E-state index contributed by atoms with van der Waals surface area (Å²) < 4.78 is 5.30. The van der Waals surface area contributed by atoms with Gasteiger partial charge in [-0.25, -0.2) is 0 Å². The van der Waals surface area contributed by atoms with Crippen molar-refractivity contribution in [3.8, 4) is 0 Å². The molecule has 2 atom stereocenters. The lowest BCUT2D eigenvalue weighted by Gasteiger charge is -2.18. The van der Waals surface area contributed by atoms with Crippen LogP contribution in [-0.4, -0.2) is 41.9 Å². The van der Waals surface area contributed by atoms with Crippen molar-refractivity contribution in [2.24, 2.45) is 5.92 Å². The summed E-state index contributed by atoms with van der Waals surface area (Å²) in [6.07, 6.45) is -0.125.